The number of rotatable bonds is 6. The van der Waals surface area contributed by atoms with Crippen LogP contribution in [-0.2, 0) is 16.4 Å². The van der Waals surface area contributed by atoms with Gasteiger partial charge in [-0.05, 0) is 36.2 Å². The third kappa shape index (κ3) is 3.42. The number of sulfonamides is 1. The average molecular weight is 346 g/mol. The Kier molecular flexibility index (Phi) is 4.55. The number of aromatic carboxylic acids is 1. The van der Waals surface area contributed by atoms with Crippen LogP contribution in [0.15, 0.2) is 53.4 Å². The van der Waals surface area contributed by atoms with Gasteiger partial charge in [0.15, 0.2) is 0 Å². The maximum atomic E-state index is 12.3. The summed E-state index contributed by atoms with van der Waals surface area (Å²) in [6.45, 7) is 1.69. The van der Waals surface area contributed by atoms with Crippen molar-refractivity contribution >= 4 is 21.7 Å². The molecular formula is C17H18N2O4S. The van der Waals surface area contributed by atoms with Gasteiger partial charge in [0.25, 0.3) is 0 Å². The Hall–Kier alpha value is -2.38. The molecule has 6 nitrogen and oxygen atoms in total. The van der Waals surface area contributed by atoms with Gasteiger partial charge in [0.1, 0.15) is 0 Å². The largest absolute Gasteiger partial charge is 0.478 e. The number of hydrogen-bond donors (Lipinski definition) is 2. The smallest absolute Gasteiger partial charge is 0.335 e. The van der Waals surface area contributed by atoms with Crippen LogP contribution in [0.25, 0.3) is 0 Å². The van der Waals surface area contributed by atoms with Crippen molar-refractivity contribution < 1.29 is 18.3 Å². The fraction of sp³-hybridized carbons (Fsp3) is 0.235. The minimum Gasteiger partial charge on any atom is -0.478 e. The first-order chi connectivity index (χ1) is 11.5. The van der Waals surface area contributed by atoms with E-state index in [1.165, 1.54) is 23.8 Å². The second-order valence-corrected chi connectivity index (χ2v) is 7.36. The molecule has 0 radical (unpaired) electrons. The van der Waals surface area contributed by atoms with Crippen LogP contribution in [0.5, 0.6) is 0 Å². The highest BCUT2D eigenvalue weighted by Gasteiger charge is 2.20. The molecule has 0 bridgehead atoms. The number of para-hydroxylation sites is 1. The molecule has 1 aliphatic heterocycles. The standard InChI is InChI=1S/C17H18N2O4S/c20-17(21)14-5-3-6-15(12-14)24(22,23)18-9-11-19-10-8-13-4-1-2-7-16(13)19/h1-7,12,18H,8-11H2,(H,20,21). The fourth-order valence-corrected chi connectivity index (χ4v) is 3.90. The van der Waals surface area contributed by atoms with E-state index in [0.717, 1.165) is 24.7 Å². The number of carbonyl (C=O) groups is 1. The predicted molar refractivity (Wildman–Crippen MR) is 90.9 cm³/mol. The summed E-state index contributed by atoms with van der Waals surface area (Å²) in [5.74, 6) is -1.15. The molecule has 2 aromatic carbocycles. The zero-order valence-electron chi connectivity index (χ0n) is 13.0. The third-order valence-electron chi connectivity index (χ3n) is 4.05. The molecule has 1 heterocycles. The Bertz CT molecular complexity index is 864. The number of anilines is 1. The number of hydrogen-bond acceptors (Lipinski definition) is 4. The molecule has 0 aromatic heterocycles. The van der Waals surface area contributed by atoms with E-state index in [1.54, 1.807) is 0 Å². The van der Waals surface area contributed by atoms with E-state index in [0.29, 0.717) is 6.54 Å². The summed E-state index contributed by atoms with van der Waals surface area (Å²) in [6, 6.07) is 13.4. The molecule has 2 N–H and O–H groups in total. The maximum absolute atomic E-state index is 12.3. The molecule has 1 aliphatic rings. The van der Waals surface area contributed by atoms with E-state index in [4.69, 9.17) is 5.11 Å². The Morgan fingerprint density at radius 3 is 2.75 bits per heavy atom. The molecule has 3 rings (SSSR count). The minimum atomic E-state index is -3.73. The van der Waals surface area contributed by atoms with Crippen LogP contribution in [0.3, 0.4) is 0 Å². The van der Waals surface area contributed by atoms with Gasteiger partial charge < -0.3 is 10.0 Å². The van der Waals surface area contributed by atoms with E-state index < -0.39 is 16.0 Å². The maximum Gasteiger partial charge on any atom is 0.335 e. The lowest BCUT2D eigenvalue weighted by molar-refractivity contribution is 0.0696. The number of nitrogens with zero attached hydrogens (tertiary/aromatic N) is 1. The van der Waals surface area contributed by atoms with E-state index in [2.05, 4.69) is 15.7 Å². The molecule has 2 aromatic rings. The van der Waals surface area contributed by atoms with Gasteiger partial charge in [-0.3, -0.25) is 0 Å². The molecule has 0 saturated carbocycles. The fourth-order valence-electron chi connectivity index (χ4n) is 2.83. The lowest BCUT2D eigenvalue weighted by atomic mass is 10.2. The third-order valence-corrected chi connectivity index (χ3v) is 5.51. The topological polar surface area (TPSA) is 86.7 Å². The molecule has 0 amide bonds. The van der Waals surface area contributed by atoms with Crippen LogP contribution in [0, 0.1) is 0 Å². The highest BCUT2D eigenvalue weighted by Crippen LogP contribution is 2.26. The molecule has 0 spiro atoms. The number of fused-ring (bicyclic) bond motifs is 1. The molecule has 0 unspecified atom stereocenters. The molecule has 0 aliphatic carbocycles. The van der Waals surface area contributed by atoms with Crippen LogP contribution < -0.4 is 9.62 Å². The number of carboxylic acid groups (broad SMARTS) is 1. The first-order valence-electron chi connectivity index (χ1n) is 7.63. The van der Waals surface area contributed by atoms with E-state index >= 15 is 0 Å². The number of nitrogens with one attached hydrogen (secondary N) is 1. The van der Waals surface area contributed by atoms with Crippen molar-refractivity contribution in [1.82, 2.24) is 4.72 Å². The molecule has 0 atom stereocenters. The summed E-state index contributed by atoms with van der Waals surface area (Å²) in [5, 5.41) is 8.97. The molecule has 0 saturated heterocycles. The molecule has 24 heavy (non-hydrogen) atoms. The number of benzene rings is 2. The molecule has 7 heteroatoms. The SMILES string of the molecule is O=C(O)c1cccc(S(=O)(=O)NCCN2CCc3ccccc32)c1. The van der Waals surface area contributed by atoms with Crippen molar-refractivity contribution in [3.8, 4) is 0 Å². The summed E-state index contributed by atoms with van der Waals surface area (Å²) >= 11 is 0. The van der Waals surface area contributed by atoms with Crippen molar-refractivity contribution in [2.75, 3.05) is 24.5 Å². The normalized spacial score (nSPS) is 13.8. The van der Waals surface area contributed by atoms with Gasteiger partial charge in [-0.25, -0.2) is 17.9 Å². The summed E-state index contributed by atoms with van der Waals surface area (Å²) in [4.78, 5) is 13.1. The van der Waals surface area contributed by atoms with Crippen molar-refractivity contribution in [3.63, 3.8) is 0 Å². The molecule has 126 valence electrons. The number of carboxylic acids is 1. The Morgan fingerprint density at radius 2 is 1.96 bits per heavy atom. The van der Waals surface area contributed by atoms with Crippen LogP contribution in [0.1, 0.15) is 15.9 Å². The zero-order valence-corrected chi connectivity index (χ0v) is 13.8. The van der Waals surface area contributed by atoms with E-state index in [9.17, 15) is 13.2 Å². The Balaban J connectivity index is 1.64. The first-order valence-corrected chi connectivity index (χ1v) is 9.11. The van der Waals surface area contributed by atoms with Gasteiger partial charge in [-0.2, -0.15) is 0 Å². The summed E-state index contributed by atoms with van der Waals surface area (Å²) in [6.07, 6.45) is 0.962. The van der Waals surface area contributed by atoms with Crippen molar-refractivity contribution in [3.05, 3.63) is 59.7 Å². The van der Waals surface area contributed by atoms with Gasteiger partial charge >= 0.3 is 5.97 Å². The first kappa shape index (κ1) is 16.5. The van der Waals surface area contributed by atoms with Crippen LogP contribution in [-0.4, -0.2) is 39.1 Å². The minimum absolute atomic E-state index is 0.0378. The summed E-state index contributed by atoms with van der Waals surface area (Å²) in [5.41, 5.74) is 2.37. The van der Waals surface area contributed by atoms with Gasteiger partial charge in [-0.1, -0.05) is 24.3 Å². The molecule has 0 fully saturated rings. The van der Waals surface area contributed by atoms with Crippen molar-refractivity contribution in [1.29, 1.82) is 0 Å². The van der Waals surface area contributed by atoms with Crippen LogP contribution in [0.4, 0.5) is 5.69 Å². The lowest BCUT2D eigenvalue weighted by Gasteiger charge is -2.19. The summed E-state index contributed by atoms with van der Waals surface area (Å²) < 4.78 is 27.1. The zero-order chi connectivity index (χ0) is 17.2. The monoisotopic (exact) mass is 346 g/mol. The average Bonchev–Trinajstić information content (AvgIpc) is 2.98. The Labute approximate surface area is 140 Å². The lowest BCUT2D eigenvalue weighted by Crippen LogP contribution is -2.34. The highest BCUT2D eigenvalue weighted by atomic mass is 32.2. The van der Waals surface area contributed by atoms with Gasteiger partial charge in [0.05, 0.1) is 10.5 Å². The van der Waals surface area contributed by atoms with Crippen LogP contribution >= 0.6 is 0 Å². The van der Waals surface area contributed by atoms with Gasteiger partial charge in [-0.15, -0.1) is 0 Å². The second kappa shape index (κ2) is 6.62. The van der Waals surface area contributed by atoms with Crippen molar-refractivity contribution in [2.24, 2.45) is 0 Å². The molecular weight excluding hydrogens is 328 g/mol. The Morgan fingerprint density at radius 1 is 1.17 bits per heavy atom. The second-order valence-electron chi connectivity index (χ2n) is 5.60. The summed E-state index contributed by atoms with van der Waals surface area (Å²) in [7, 11) is -3.73. The van der Waals surface area contributed by atoms with E-state index in [-0.39, 0.29) is 17.0 Å². The predicted octanol–water partition coefficient (Wildman–Crippen LogP) is 1.73. The van der Waals surface area contributed by atoms with Gasteiger partial charge in [0.2, 0.25) is 10.0 Å². The van der Waals surface area contributed by atoms with Gasteiger partial charge in [0, 0.05) is 25.3 Å². The quantitative estimate of drug-likeness (QED) is 0.832. The van der Waals surface area contributed by atoms with E-state index in [1.807, 2.05) is 18.2 Å². The van der Waals surface area contributed by atoms with Crippen molar-refractivity contribution in [2.45, 2.75) is 11.3 Å². The van der Waals surface area contributed by atoms with Crippen LogP contribution in [0.2, 0.25) is 0 Å². The highest BCUT2D eigenvalue weighted by molar-refractivity contribution is 7.89.